The van der Waals surface area contributed by atoms with Crippen LogP contribution in [0.5, 0.6) is 23.0 Å². The van der Waals surface area contributed by atoms with Crippen LogP contribution in [0.1, 0.15) is 11.1 Å². The summed E-state index contributed by atoms with van der Waals surface area (Å²) in [4.78, 5) is 12.0. The van der Waals surface area contributed by atoms with Gasteiger partial charge >= 0.3 is 5.97 Å². The summed E-state index contributed by atoms with van der Waals surface area (Å²) >= 11 is 0. The Hall–Kier alpha value is -4.24. The van der Waals surface area contributed by atoms with Gasteiger partial charge in [0, 0.05) is 0 Å². The fraction of sp³-hybridized carbons (Fsp3) is 0.120. The zero-order chi connectivity index (χ0) is 22.1. The summed E-state index contributed by atoms with van der Waals surface area (Å²) in [6.45, 7) is -0.191. The maximum absolute atomic E-state index is 12.0. The number of methoxy groups -OCH3 is 2. The lowest BCUT2D eigenvalue weighted by molar-refractivity contribution is -0.136. The normalized spacial score (nSPS) is 10.7. The molecule has 3 aromatic rings. The third-order valence-electron chi connectivity index (χ3n) is 4.34. The van der Waals surface area contributed by atoms with E-state index >= 15 is 0 Å². The summed E-state index contributed by atoms with van der Waals surface area (Å²) in [5.41, 5.74) is 1.95. The Labute approximate surface area is 180 Å². The molecule has 6 heteroatoms. The summed E-state index contributed by atoms with van der Waals surface area (Å²) in [7, 11) is 3.10. The number of para-hydroxylation sites is 1. The molecule has 3 aromatic carbocycles. The summed E-state index contributed by atoms with van der Waals surface area (Å²) in [6.07, 6.45) is 1.74. The molecule has 6 nitrogen and oxygen atoms in total. The van der Waals surface area contributed by atoms with Gasteiger partial charge in [-0.25, -0.2) is 4.79 Å². The molecular weight excluding hydrogens is 394 g/mol. The van der Waals surface area contributed by atoms with E-state index in [4.69, 9.17) is 18.9 Å². The number of hydrogen-bond acceptors (Lipinski definition) is 6. The minimum Gasteiger partial charge on any atom is -0.493 e. The Morgan fingerprint density at radius 2 is 1.61 bits per heavy atom. The van der Waals surface area contributed by atoms with E-state index in [1.54, 1.807) is 74.9 Å². The molecule has 0 heterocycles. The average Bonchev–Trinajstić information content (AvgIpc) is 2.82. The first-order valence-corrected chi connectivity index (χ1v) is 9.45. The van der Waals surface area contributed by atoms with Crippen molar-refractivity contribution in [2.45, 2.75) is 0 Å². The maximum atomic E-state index is 12.0. The molecule has 0 N–H and O–H groups in total. The first-order valence-electron chi connectivity index (χ1n) is 9.45. The number of carbonyl (C=O) groups is 1. The molecule has 0 unspecified atom stereocenters. The molecule has 31 heavy (non-hydrogen) atoms. The number of hydrogen-bond donors (Lipinski definition) is 0. The lowest BCUT2D eigenvalue weighted by atomic mass is 10.0. The highest BCUT2D eigenvalue weighted by Crippen LogP contribution is 2.31. The number of esters is 1. The van der Waals surface area contributed by atoms with Crippen LogP contribution in [-0.2, 0) is 4.79 Å². The maximum Gasteiger partial charge on any atom is 0.349 e. The first-order chi connectivity index (χ1) is 15.1. The van der Waals surface area contributed by atoms with Gasteiger partial charge in [0.15, 0.2) is 18.1 Å². The molecule has 0 aliphatic rings. The van der Waals surface area contributed by atoms with Crippen molar-refractivity contribution < 1.29 is 23.7 Å². The highest BCUT2D eigenvalue weighted by atomic mass is 16.6. The molecule has 0 amide bonds. The lowest BCUT2D eigenvalue weighted by Crippen LogP contribution is -2.17. The highest BCUT2D eigenvalue weighted by molar-refractivity contribution is 5.90. The van der Waals surface area contributed by atoms with E-state index in [0.29, 0.717) is 34.1 Å². The Bertz CT molecular complexity index is 1100. The number of rotatable bonds is 8. The molecule has 0 aromatic heterocycles. The second-order valence-corrected chi connectivity index (χ2v) is 6.38. The minimum atomic E-state index is -0.504. The van der Waals surface area contributed by atoms with Crippen LogP contribution >= 0.6 is 0 Å². The topological polar surface area (TPSA) is 77.8 Å². The number of nitriles is 1. The fourth-order valence-corrected chi connectivity index (χ4v) is 2.80. The number of allylic oxidation sites excluding steroid dienone is 1. The highest BCUT2D eigenvalue weighted by Gasteiger charge is 2.09. The molecule has 0 bridgehead atoms. The molecule has 0 spiro atoms. The summed E-state index contributed by atoms with van der Waals surface area (Å²) in [6, 6.07) is 23.4. The van der Waals surface area contributed by atoms with Crippen LogP contribution in [0, 0.1) is 11.3 Å². The van der Waals surface area contributed by atoms with E-state index in [9.17, 15) is 10.1 Å². The number of nitrogens with zero attached hydrogens (tertiary/aromatic N) is 1. The molecule has 0 saturated heterocycles. The summed E-state index contributed by atoms with van der Waals surface area (Å²) in [5.74, 6) is 1.62. The third-order valence-corrected chi connectivity index (χ3v) is 4.34. The molecule has 0 aliphatic heterocycles. The Morgan fingerprint density at radius 1 is 0.903 bits per heavy atom. The molecule has 0 radical (unpaired) electrons. The van der Waals surface area contributed by atoms with Gasteiger partial charge in [-0.1, -0.05) is 30.3 Å². The van der Waals surface area contributed by atoms with Gasteiger partial charge in [-0.2, -0.15) is 5.26 Å². The van der Waals surface area contributed by atoms with Gasteiger partial charge in [0.25, 0.3) is 0 Å². The molecule has 0 saturated carbocycles. The third kappa shape index (κ3) is 5.87. The molecule has 0 fully saturated rings. The number of carbonyl (C=O) groups excluding carboxylic acids is 1. The molecule has 3 rings (SSSR count). The van der Waals surface area contributed by atoms with Crippen LogP contribution in [0.25, 0.3) is 11.6 Å². The number of benzene rings is 3. The molecule has 156 valence electrons. The van der Waals surface area contributed by atoms with Gasteiger partial charge in [0.2, 0.25) is 0 Å². The van der Waals surface area contributed by atoms with Crippen LogP contribution in [0.15, 0.2) is 72.8 Å². The monoisotopic (exact) mass is 415 g/mol. The van der Waals surface area contributed by atoms with Gasteiger partial charge in [-0.15, -0.1) is 0 Å². The van der Waals surface area contributed by atoms with Gasteiger partial charge in [0.05, 0.1) is 25.9 Å². The largest absolute Gasteiger partial charge is 0.493 e. The number of ether oxygens (including phenoxy) is 4. The molecule has 0 aliphatic carbocycles. The Kier molecular flexibility index (Phi) is 7.28. The molecular formula is C25H21NO5. The van der Waals surface area contributed by atoms with Crippen LogP contribution in [0.3, 0.4) is 0 Å². The minimum absolute atomic E-state index is 0.191. The Balaban J connectivity index is 1.66. The summed E-state index contributed by atoms with van der Waals surface area (Å²) < 4.78 is 21.2. The zero-order valence-electron chi connectivity index (χ0n) is 17.2. The van der Waals surface area contributed by atoms with E-state index in [-0.39, 0.29) is 6.61 Å². The smallest absolute Gasteiger partial charge is 0.349 e. The first kappa shape index (κ1) is 21.5. The predicted octanol–water partition coefficient (Wildman–Crippen LogP) is 4.75. The molecule has 0 atom stereocenters. The second kappa shape index (κ2) is 10.5. The fourth-order valence-electron chi connectivity index (χ4n) is 2.80. The SMILES string of the molecule is COc1ccc(/C(C#N)=C\c2ccc(OC(=O)COc3ccccc3)cc2)cc1OC. The zero-order valence-corrected chi connectivity index (χ0v) is 17.2. The van der Waals surface area contributed by atoms with Crippen molar-refractivity contribution in [3.8, 4) is 29.1 Å². The van der Waals surface area contributed by atoms with Crippen LogP contribution < -0.4 is 18.9 Å². The van der Waals surface area contributed by atoms with E-state index in [1.165, 1.54) is 0 Å². The van der Waals surface area contributed by atoms with E-state index in [1.807, 2.05) is 18.2 Å². The van der Waals surface area contributed by atoms with Gasteiger partial charge in [0.1, 0.15) is 11.5 Å². The van der Waals surface area contributed by atoms with Crippen molar-refractivity contribution in [3.63, 3.8) is 0 Å². The second-order valence-electron chi connectivity index (χ2n) is 6.38. The van der Waals surface area contributed by atoms with Gasteiger partial charge in [-0.05, 0) is 59.7 Å². The quantitative estimate of drug-likeness (QED) is 0.229. The lowest BCUT2D eigenvalue weighted by Gasteiger charge is -2.09. The van der Waals surface area contributed by atoms with E-state index in [2.05, 4.69) is 6.07 Å². The van der Waals surface area contributed by atoms with Crippen LogP contribution in [0.2, 0.25) is 0 Å². The van der Waals surface area contributed by atoms with Crippen molar-refractivity contribution in [1.29, 1.82) is 5.26 Å². The van der Waals surface area contributed by atoms with Crippen molar-refractivity contribution in [2.75, 3.05) is 20.8 Å². The standard InChI is InChI=1S/C25H21NO5/c1-28-23-13-10-19(15-24(23)29-2)20(16-26)14-18-8-11-22(12-9-18)31-25(27)17-30-21-6-4-3-5-7-21/h3-15H,17H2,1-2H3/b20-14-. The summed E-state index contributed by atoms with van der Waals surface area (Å²) in [5, 5.41) is 9.58. The average molecular weight is 415 g/mol. The van der Waals surface area contributed by atoms with Gasteiger partial charge < -0.3 is 18.9 Å². The van der Waals surface area contributed by atoms with Crippen molar-refractivity contribution in [1.82, 2.24) is 0 Å². The predicted molar refractivity (Wildman–Crippen MR) is 117 cm³/mol. The Morgan fingerprint density at radius 3 is 2.26 bits per heavy atom. The van der Waals surface area contributed by atoms with Crippen molar-refractivity contribution >= 4 is 17.6 Å². The van der Waals surface area contributed by atoms with E-state index < -0.39 is 5.97 Å². The van der Waals surface area contributed by atoms with Crippen molar-refractivity contribution in [3.05, 3.63) is 83.9 Å². The van der Waals surface area contributed by atoms with Crippen LogP contribution in [-0.4, -0.2) is 26.8 Å². The van der Waals surface area contributed by atoms with E-state index in [0.717, 1.165) is 5.56 Å². The van der Waals surface area contributed by atoms with Gasteiger partial charge in [-0.3, -0.25) is 0 Å². The van der Waals surface area contributed by atoms with Crippen molar-refractivity contribution in [2.24, 2.45) is 0 Å². The van der Waals surface area contributed by atoms with Crippen LogP contribution in [0.4, 0.5) is 0 Å².